The normalized spacial score (nSPS) is 10.4. The summed E-state index contributed by atoms with van der Waals surface area (Å²) in [5.41, 5.74) is 7.00. The van der Waals surface area contributed by atoms with Crippen LogP contribution in [0.2, 0.25) is 0 Å². The first kappa shape index (κ1) is 13.3. The monoisotopic (exact) mass is 258 g/mol. The van der Waals surface area contributed by atoms with Crippen molar-refractivity contribution >= 4 is 11.6 Å². The number of carbonyl (C=O) groups excluding carboxylic acids is 1. The first-order valence-corrected chi connectivity index (χ1v) is 6.29. The van der Waals surface area contributed by atoms with E-state index in [-0.39, 0.29) is 5.91 Å². The number of benzene rings is 1. The van der Waals surface area contributed by atoms with E-state index in [0.717, 1.165) is 12.1 Å². The minimum absolute atomic E-state index is 0.0559. The highest BCUT2D eigenvalue weighted by Gasteiger charge is 2.19. The van der Waals surface area contributed by atoms with E-state index < -0.39 is 0 Å². The standard InChI is InChI=1S/C14H18N4O/c1-17-13(8-10-16-17)14(19)18(11-5-9-15)12-6-3-2-4-7-12/h2-4,6-8,10H,5,9,11,15H2,1H3. The van der Waals surface area contributed by atoms with Crippen molar-refractivity contribution in [1.29, 1.82) is 0 Å². The maximum atomic E-state index is 12.6. The summed E-state index contributed by atoms with van der Waals surface area (Å²) < 4.78 is 1.58. The molecule has 5 heteroatoms. The molecule has 0 aliphatic carbocycles. The molecule has 0 unspecified atom stereocenters. The highest BCUT2D eigenvalue weighted by atomic mass is 16.2. The molecule has 0 aliphatic rings. The third-order valence-corrected chi connectivity index (χ3v) is 2.94. The van der Waals surface area contributed by atoms with Crippen LogP contribution in [-0.2, 0) is 7.05 Å². The summed E-state index contributed by atoms with van der Waals surface area (Å²) in [6.45, 7) is 1.16. The van der Waals surface area contributed by atoms with Crippen LogP contribution in [0.15, 0.2) is 42.6 Å². The molecule has 1 aromatic heterocycles. The van der Waals surface area contributed by atoms with Crippen molar-refractivity contribution in [3.63, 3.8) is 0 Å². The number of hydrogen-bond acceptors (Lipinski definition) is 3. The number of rotatable bonds is 5. The summed E-state index contributed by atoms with van der Waals surface area (Å²) in [5.74, 6) is -0.0559. The van der Waals surface area contributed by atoms with E-state index >= 15 is 0 Å². The summed E-state index contributed by atoms with van der Waals surface area (Å²) in [4.78, 5) is 14.3. The molecule has 5 nitrogen and oxygen atoms in total. The van der Waals surface area contributed by atoms with Crippen LogP contribution >= 0.6 is 0 Å². The number of carbonyl (C=O) groups is 1. The quantitative estimate of drug-likeness (QED) is 0.882. The van der Waals surface area contributed by atoms with Crippen LogP contribution in [0.25, 0.3) is 0 Å². The van der Waals surface area contributed by atoms with Crippen LogP contribution in [-0.4, -0.2) is 28.8 Å². The second-order valence-electron chi connectivity index (χ2n) is 4.27. The molecule has 2 aromatic rings. The number of hydrogen-bond donors (Lipinski definition) is 1. The molecular weight excluding hydrogens is 240 g/mol. The van der Waals surface area contributed by atoms with Crippen molar-refractivity contribution in [3.8, 4) is 0 Å². The summed E-state index contributed by atoms with van der Waals surface area (Å²) in [6, 6.07) is 11.3. The van der Waals surface area contributed by atoms with Gasteiger partial charge in [0.1, 0.15) is 5.69 Å². The zero-order valence-electron chi connectivity index (χ0n) is 11.0. The van der Waals surface area contributed by atoms with E-state index in [1.165, 1.54) is 0 Å². The predicted molar refractivity (Wildman–Crippen MR) is 75.0 cm³/mol. The van der Waals surface area contributed by atoms with E-state index in [2.05, 4.69) is 5.10 Å². The number of anilines is 1. The van der Waals surface area contributed by atoms with Gasteiger partial charge in [0.2, 0.25) is 0 Å². The van der Waals surface area contributed by atoms with Gasteiger partial charge in [-0.05, 0) is 31.2 Å². The molecule has 0 radical (unpaired) electrons. The van der Waals surface area contributed by atoms with Gasteiger partial charge in [-0.1, -0.05) is 18.2 Å². The third-order valence-electron chi connectivity index (χ3n) is 2.94. The average molecular weight is 258 g/mol. The van der Waals surface area contributed by atoms with Gasteiger partial charge in [0.05, 0.1) is 0 Å². The van der Waals surface area contributed by atoms with Crippen molar-refractivity contribution < 1.29 is 4.79 Å². The molecule has 2 rings (SSSR count). The second kappa shape index (κ2) is 6.15. The van der Waals surface area contributed by atoms with E-state index in [1.54, 1.807) is 28.9 Å². The Bertz CT molecular complexity index is 535. The van der Waals surface area contributed by atoms with Crippen molar-refractivity contribution in [2.45, 2.75) is 6.42 Å². The lowest BCUT2D eigenvalue weighted by Gasteiger charge is -2.22. The van der Waals surface area contributed by atoms with Crippen LogP contribution in [0.5, 0.6) is 0 Å². The van der Waals surface area contributed by atoms with Gasteiger partial charge in [-0.15, -0.1) is 0 Å². The largest absolute Gasteiger partial charge is 0.330 e. The fourth-order valence-corrected chi connectivity index (χ4v) is 1.93. The predicted octanol–water partition coefficient (Wildman–Crippen LogP) is 1.42. The molecule has 2 N–H and O–H groups in total. The second-order valence-corrected chi connectivity index (χ2v) is 4.27. The lowest BCUT2D eigenvalue weighted by atomic mass is 10.2. The summed E-state index contributed by atoms with van der Waals surface area (Å²) in [7, 11) is 1.76. The summed E-state index contributed by atoms with van der Waals surface area (Å²) in [5, 5.41) is 4.04. The van der Waals surface area contributed by atoms with Gasteiger partial charge in [0.15, 0.2) is 0 Å². The molecule has 0 atom stereocenters. The maximum absolute atomic E-state index is 12.6. The molecule has 100 valence electrons. The van der Waals surface area contributed by atoms with Crippen molar-refractivity contribution in [2.75, 3.05) is 18.0 Å². The van der Waals surface area contributed by atoms with Crippen molar-refractivity contribution in [1.82, 2.24) is 9.78 Å². The van der Waals surface area contributed by atoms with E-state index in [9.17, 15) is 4.79 Å². The number of amides is 1. The van der Waals surface area contributed by atoms with Crippen molar-refractivity contribution in [2.24, 2.45) is 12.8 Å². The Kier molecular flexibility index (Phi) is 4.30. The number of aromatic nitrogens is 2. The highest BCUT2D eigenvalue weighted by Crippen LogP contribution is 2.16. The van der Waals surface area contributed by atoms with Crippen LogP contribution in [0, 0.1) is 0 Å². The van der Waals surface area contributed by atoms with Gasteiger partial charge in [-0.25, -0.2) is 0 Å². The first-order chi connectivity index (χ1) is 9.24. The Morgan fingerprint density at radius 3 is 2.63 bits per heavy atom. The fourth-order valence-electron chi connectivity index (χ4n) is 1.93. The molecule has 1 heterocycles. The van der Waals surface area contributed by atoms with Gasteiger partial charge in [0.25, 0.3) is 5.91 Å². The zero-order valence-corrected chi connectivity index (χ0v) is 11.0. The zero-order chi connectivity index (χ0) is 13.7. The smallest absolute Gasteiger partial charge is 0.276 e. The lowest BCUT2D eigenvalue weighted by molar-refractivity contribution is 0.0978. The average Bonchev–Trinajstić information content (AvgIpc) is 2.86. The number of para-hydroxylation sites is 1. The Labute approximate surface area is 112 Å². The Hall–Kier alpha value is -2.14. The summed E-state index contributed by atoms with van der Waals surface area (Å²) >= 11 is 0. The van der Waals surface area contributed by atoms with E-state index in [4.69, 9.17) is 5.73 Å². The van der Waals surface area contributed by atoms with Gasteiger partial charge >= 0.3 is 0 Å². The van der Waals surface area contributed by atoms with Crippen LogP contribution in [0.4, 0.5) is 5.69 Å². The van der Waals surface area contributed by atoms with Crippen LogP contribution in [0.1, 0.15) is 16.9 Å². The van der Waals surface area contributed by atoms with Crippen molar-refractivity contribution in [3.05, 3.63) is 48.3 Å². The minimum atomic E-state index is -0.0559. The molecule has 0 aliphatic heterocycles. The molecule has 0 bridgehead atoms. The summed E-state index contributed by atoms with van der Waals surface area (Å²) in [6.07, 6.45) is 2.39. The van der Waals surface area contributed by atoms with Gasteiger partial charge in [-0.2, -0.15) is 5.10 Å². The Balaban J connectivity index is 2.28. The minimum Gasteiger partial charge on any atom is -0.330 e. The highest BCUT2D eigenvalue weighted by molar-refractivity contribution is 6.04. The Morgan fingerprint density at radius 1 is 1.32 bits per heavy atom. The lowest BCUT2D eigenvalue weighted by Crippen LogP contribution is -2.34. The molecular formula is C14H18N4O. The van der Waals surface area contributed by atoms with Gasteiger partial charge in [0, 0.05) is 25.5 Å². The topological polar surface area (TPSA) is 64.2 Å². The molecule has 1 amide bonds. The number of aryl methyl sites for hydroxylation is 1. The van der Waals surface area contributed by atoms with E-state index in [0.29, 0.717) is 18.8 Å². The third kappa shape index (κ3) is 3.00. The fraction of sp³-hybridized carbons (Fsp3) is 0.286. The molecule has 0 spiro atoms. The van der Waals surface area contributed by atoms with E-state index in [1.807, 2.05) is 30.3 Å². The number of nitrogens with two attached hydrogens (primary N) is 1. The Morgan fingerprint density at radius 2 is 2.05 bits per heavy atom. The van der Waals surface area contributed by atoms with Crippen LogP contribution in [0.3, 0.4) is 0 Å². The SMILES string of the molecule is Cn1nccc1C(=O)N(CCCN)c1ccccc1. The van der Waals surface area contributed by atoms with Gasteiger partial charge < -0.3 is 10.6 Å². The first-order valence-electron chi connectivity index (χ1n) is 6.29. The molecule has 19 heavy (non-hydrogen) atoms. The van der Waals surface area contributed by atoms with Crippen LogP contribution < -0.4 is 10.6 Å². The molecule has 0 saturated heterocycles. The maximum Gasteiger partial charge on any atom is 0.276 e. The molecule has 1 aromatic carbocycles. The molecule has 0 fully saturated rings. The number of nitrogens with zero attached hydrogens (tertiary/aromatic N) is 3. The molecule has 0 saturated carbocycles. The van der Waals surface area contributed by atoms with Gasteiger partial charge in [-0.3, -0.25) is 9.48 Å².